The normalized spacial score (nSPS) is 15.0. The fourth-order valence-electron chi connectivity index (χ4n) is 2.49. The Morgan fingerprint density at radius 2 is 1.61 bits per heavy atom. The summed E-state index contributed by atoms with van der Waals surface area (Å²) in [5.41, 5.74) is -5.52. The van der Waals surface area contributed by atoms with E-state index in [9.17, 15) is 31.2 Å². The fourth-order valence-corrected chi connectivity index (χ4v) is 3.42. The second-order valence-electron chi connectivity index (χ2n) is 5.64. The van der Waals surface area contributed by atoms with Crippen molar-refractivity contribution in [2.24, 2.45) is 0 Å². The summed E-state index contributed by atoms with van der Waals surface area (Å²) >= 11 is 5.80. The molecule has 1 aliphatic heterocycles. The van der Waals surface area contributed by atoms with Crippen LogP contribution >= 0.6 is 11.6 Å². The number of imide groups is 1. The zero-order chi connectivity index (χ0) is 20.7. The molecule has 0 bridgehead atoms. The number of benzene rings is 2. The monoisotopic (exact) mass is 430 g/mol. The predicted molar refractivity (Wildman–Crippen MR) is 94.8 cm³/mol. The number of hydrogen-bond acceptors (Lipinski definition) is 5. The quantitative estimate of drug-likeness (QED) is 0.727. The third kappa shape index (κ3) is 3.60. The maximum absolute atomic E-state index is 12.7. The van der Waals surface area contributed by atoms with Gasteiger partial charge in [-0.05, 0) is 35.9 Å². The zero-order valence-electron chi connectivity index (χ0n) is 13.7. The highest BCUT2D eigenvalue weighted by Gasteiger charge is 2.47. The Balaban J connectivity index is 2.04. The van der Waals surface area contributed by atoms with Gasteiger partial charge in [0.15, 0.2) is 0 Å². The molecule has 11 heteroatoms. The van der Waals surface area contributed by atoms with Crippen LogP contribution in [-0.2, 0) is 19.4 Å². The van der Waals surface area contributed by atoms with Crippen molar-refractivity contribution in [1.82, 2.24) is 5.32 Å². The molecule has 3 rings (SSSR count). The van der Waals surface area contributed by atoms with E-state index >= 15 is 0 Å². The molecular weight excluding hydrogens is 421 g/mol. The van der Waals surface area contributed by atoms with Crippen LogP contribution in [-0.4, -0.2) is 25.7 Å². The highest BCUT2D eigenvalue weighted by atomic mass is 35.5. The van der Waals surface area contributed by atoms with Crippen LogP contribution in [0.15, 0.2) is 59.1 Å². The van der Waals surface area contributed by atoms with Gasteiger partial charge in [-0.15, -0.1) is 0 Å². The molecule has 0 spiro atoms. The van der Waals surface area contributed by atoms with E-state index in [0.29, 0.717) is 10.6 Å². The summed E-state index contributed by atoms with van der Waals surface area (Å²) < 4.78 is 61.4. The van der Waals surface area contributed by atoms with E-state index in [-0.39, 0.29) is 17.0 Å². The van der Waals surface area contributed by atoms with Crippen LogP contribution in [0.5, 0.6) is 0 Å². The van der Waals surface area contributed by atoms with Gasteiger partial charge in [0, 0.05) is 10.7 Å². The number of alkyl halides is 3. The summed E-state index contributed by atoms with van der Waals surface area (Å²) in [5.74, 6) is -1.52. The third-order valence-electron chi connectivity index (χ3n) is 3.78. The molecule has 2 amide bonds. The van der Waals surface area contributed by atoms with Crippen LogP contribution in [0.1, 0.15) is 5.56 Å². The van der Waals surface area contributed by atoms with Crippen molar-refractivity contribution >= 4 is 44.5 Å². The molecule has 6 nitrogen and oxygen atoms in total. The average Bonchev–Trinajstić information content (AvgIpc) is 2.88. The lowest BCUT2D eigenvalue weighted by molar-refractivity contribution is -0.123. The van der Waals surface area contributed by atoms with Crippen molar-refractivity contribution in [2.45, 2.75) is 10.4 Å². The van der Waals surface area contributed by atoms with E-state index in [1.54, 1.807) is 0 Å². The van der Waals surface area contributed by atoms with Crippen LogP contribution in [0.3, 0.4) is 0 Å². The molecule has 0 aliphatic carbocycles. The summed E-state index contributed by atoms with van der Waals surface area (Å²) in [6.45, 7) is 0. The van der Waals surface area contributed by atoms with Crippen molar-refractivity contribution in [3.8, 4) is 0 Å². The molecule has 2 aromatic rings. The number of sulfone groups is 1. The largest absolute Gasteiger partial charge is 0.501 e. The Labute approximate surface area is 161 Å². The van der Waals surface area contributed by atoms with Gasteiger partial charge >= 0.3 is 5.51 Å². The molecule has 0 radical (unpaired) electrons. The van der Waals surface area contributed by atoms with Crippen molar-refractivity contribution in [3.05, 3.63) is 64.8 Å². The van der Waals surface area contributed by atoms with E-state index in [4.69, 9.17) is 11.6 Å². The number of nitrogens with one attached hydrogen (secondary N) is 2. The second-order valence-corrected chi connectivity index (χ2v) is 8.02. The summed E-state index contributed by atoms with van der Waals surface area (Å²) in [6.07, 6.45) is 0. The molecule has 146 valence electrons. The first-order valence-corrected chi connectivity index (χ1v) is 9.41. The Morgan fingerprint density at radius 3 is 2.21 bits per heavy atom. The van der Waals surface area contributed by atoms with Gasteiger partial charge in [-0.1, -0.05) is 29.8 Å². The minimum atomic E-state index is -5.57. The van der Waals surface area contributed by atoms with Crippen LogP contribution in [0.25, 0.3) is 5.57 Å². The number of carbonyl (C=O) groups excluding carboxylic acids is 2. The molecule has 0 saturated carbocycles. The molecule has 0 unspecified atom stereocenters. The smallest absolute Gasteiger partial charge is 0.350 e. The van der Waals surface area contributed by atoms with Gasteiger partial charge in [0.2, 0.25) is 0 Å². The Hall–Kier alpha value is -2.85. The van der Waals surface area contributed by atoms with Crippen LogP contribution in [0.4, 0.5) is 18.9 Å². The van der Waals surface area contributed by atoms with Gasteiger partial charge in [0.25, 0.3) is 21.7 Å². The standard InChI is InChI=1S/C17H10ClF3N2O4S/c18-10-6-4-9(5-7-10)13-14(16(25)23-15(13)24)22-11-2-1-3-12(8-11)28(26,27)17(19,20)21/h1-8H,(H2,22,23,24,25). The highest BCUT2D eigenvalue weighted by molar-refractivity contribution is 7.92. The Kier molecular flexibility index (Phi) is 4.94. The number of halogens is 4. The number of hydrogen-bond donors (Lipinski definition) is 2. The fraction of sp³-hybridized carbons (Fsp3) is 0.0588. The molecule has 0 saturated heterocycles. The summed E-state index contributed by atoms with van der Waals surface area (Å²) in [6, 6.07) is 9.82. The molecule has 2 aromatic carbocycles. The number of amides is 2. The maximum Gasteiger partial charge on any atom is 0.501 e. The zero-order valence-corrected chi connectivity index (χ0v) is 15.2. The van der Waals surface area contributed by atoms with Crippen molar-refractivity contribution in [3.63, 3.8) is 0 Å². The van der Waals surface area contributed by atoms with Gasteiger partial charge in [0.1, 0.15) is 5.70 Å². The second kappa shape index (κ2) is 6.95. The van der Waals surface area contributed by atoms with Crippen LogP contribution in [0, 0.1) is 0 Å². The first-order chi connectivity index (χ1) is 13.0. The van der Waals surface area contributed by atoms with Gasteiger partial charge < -0.3 is 5.32 Å². The number of anilines is 1. The first kappa shape index (κ1) is 19.9. The average molecular weight is 431 g/mol. The van der Waals surface area contributed by atoms with Gasteiger partial charge in [-0.3, -0.25) is 14.9 Å². The molecule has 0 fully saturated rings. The van der Waals surface area contributed by atoms with Crippen LogP contribution in [0.2, 0.25) is 5.02 Å². The van der Waals surface area contributed by atoms with Crippen LogP contribution < -0.4 is 10.6 Å². The van der Waals surface area contributed by atoms with Crippen molar-refractivity contribution in [2.75, 3.05) is 5.32 Å². The van der Waals surface area contributed by atoms with E-state index in [1.165, 1.54) is 30.3 Å². The molecule has 0 atom stereocenters. The molecule has 2 N–H and O–H groups in total. The molecule has 1 heterocycles. The Morgan fingerprint density at radius 1 is 0.964 bits per heavy atom. The first-order valence-electron chi connectivity index (χ1n) is 7.55. The minimum Gasteiger partial charge on any atom is -0.350 e. The topological polar surface area (TPSA) is 92.3 Å². The van der Waals surface area contributed by atoms with E-state index in [1.807, 2.05) is 0 Å². The highest BCUT2D eigenvalue weighted by Crippen LogP contribution is 2.32. The Bertz CT molecular complexity index is 1110. The molecule has 1 aliphatic rings. The van der Waals surface area contributed by atoms with Gasteiger partial charge in [0.05, 0.1) is 10.5 Å². The predicted octanol–water partition coefficient (Wildman–Crippen LogP) is 3.11. The lowest BCUT2D eigenvalue weighted by Crippen LogP contribution is -2.24. The van der Waals surface area contributed by atoms with Gasteiger partial charge in [-0.25, -0.2) is 8.42 Å². The molecule has 28 heavy (non-hydrogen) atoms. The summed E-state index contributed by atoms with van der Waals surface area (Å²) in [4.78, 5) is 23.2. The lowest BCUT2D eigenvalue weighted by atomic mass is 10.0. The minimum absolute atomic E-state index is 0.0502. The van der Waals surface area contributed by atoms with E-state index < -0.39 is 32.1 Å². The summed E-state index contributed by atoms with van der Waals surface area (Å²) in [5, 5.41) is 5.00. The van der Waals surface area contributed by atoms with E-state index in [0.717, 1.165) is 18.2 Å². The van der Waals surface area contributed by atoms with Gasteiger partial charge in [-0.2, -0.15) is 13.2 Å². The molecule has 0 aromatic heterocycles. The van der Waals surface area contributed by atoms with E-state index in [2.05, 4.69) is 10.6 Å². The lowest BCUT2D eigenvalue weighted by Gasteiger charge is -2.11. The third-order valence-corrected chi connectivity index (χ3v) is 5.52. The van der Waals surface area contributed by atoms with Crippen molar-refractivity contribution in [1.29, 1.82) is 0 Å². The number of carbonyl (C=O) groups is 2. The van der Waals surface area contributed by atoms with Crippen molar-refractivity contribution < 1.29 is 31.2 Å². The maximum atomic E-state index is 12.7. The summed E-state index contributed by atoms with van der Waals surface area (Å²) in [7, 11) is -5.57. The number of rotatable bonds is 4. The molecular formula is C17H10ClF3N2O4S. The SMILES string of the molecule is O=C1NC(=O)C(c2ccc(Cl)cc2)=C1Nc1cccc(S(=O)(=O)C(F)(F)F)c1.